The van der Waals surface area contributed by atoms with Gasteiger partial charge in [0.05, 0.1) is 5.02 Å². The first-order valence-electron chi connectivity index (χ1n) is 7.00. The minimum absolute atomic E-state index is 0. The van der Waals surface area contributed by atoms with Gasteiger partial charge in [-0.1, -0.05) is 11.6 Å². The van der Waals surface area contributed by atoms with Crippen LogP contribution in [0.2, 0.25) is 5.02 Å². The molecule has 2 rings (SSSR count). The standard InChI is InChI=1S/C15H20ClN5.HI/c1-3-4-8-19-15(17-2)20-12-7-10-21(11-12)14-13(16)6-5-9-18-14;/h1,5-6,9,12H,4,7-8,10-11H2,2H3,(H2,17,19,20);1H. The van der Waals surface area contributed by atoms with Crippen molar-refractivity contribution in [1.82, 2.24) is 15.6 Å². The molecule has 1 saturated heterocycles. The molecule has 0 radical (unpaired) electrons. The van der Waals surface area contributed by atoms with E-state index in [1.165, 1.54) is 0 Å². The Labute approximate surface area is 153 Å². The second-order valence-electron chi connectivity index (χ2n) is 4.84. The SMILES string of the molecule is C#CCCNC(=NC)NC1CCN(c2ncccc2Cl)C1.I. The Morgan fingerprint density at radius 2 is 2.45 bits per heavy atom. The summed E-state index contributed by atoms with van der Waals surface area (Å²) in [6.07, 6.45) is 8.70. The fraction of sp³-hybridized carbons (Fsp3) is 0.467. The Kier molecular flexibility index (Phi) is 8.35. The minimum Gasteiger partial charge on any atom is -0.355 e. The lowest BCUT2D eigenvalue weighted by molar-refractivity contribution is 0.649. The summed E-state index contributed by atoms with van der Waals surface area (Å²) in [7, 11) is 1.76. The number of pyridine rings is 1. The van der Waals surface area contributed by atoms with Crippen LogP contribution in [0.25, 0.3) is 0 Å². The van der Waals surface area contributed by atoms with Gasteiger partial charge >= 0.3 is 0 Å². The number of halogens is 2. The third kappa shape index (κ3) is 5.21. The Balaban J connectivity index is 0.00000242. The van der Waals surface area contributed by atoms with Crippen molar-refractivity contribution in [2.75, 3.05) is 31.6 Å². The molecule has 2 N–H and O–H groups in total. The van der Waals surface area contributed by atoms with E-state index in [1.54, 1.807) is 13.2 Å². The molecule has 5 nitrogen and oxygen atoms in total. The van der Waals surface area contributed by atoms with E-state index < -0.39 is 0 Å². The van der Waals surface area contributed by atoms with Gasteiger partial charge in [0.15, 0.2) is 5.96 Å². The molecule has 2 heterocycles. The van der Waals surface area contributed by atoms with E-state index in [4.69, 9.17) is 18.0 Å². The third-order valence-electron chi connectivity index (χ3n) is 3.35. The first-order valence-corrected chi connectivity index (χ1v) is 7.38. The zero-order valence-electron chi connectivity index (χ0n) is 12.6. The Bertz CT molecular complexity index is 543. The summed E-state index contributed by atoms with van der Waals surface area (Å²) in [5.41, 5.74) is 0. The molecule has 1 aliphatic heterocycles. The van der Waals surface area contributed by atoms with Gasteiger partial charge in [-0.05, 0) is 18.6 Å². The van der Waals surface area contributed by atoms with Gasteiger partial charge in [-0.3, -0.25) is 4.99 Å². The van der Waals surface area contributed by atoms with Crippen LogP contribution >= 0.6 is 35.6 Å². The van der Waals surface area contributed by atoms with Gasteiger partial charge in [0.2, 0.25) is 0 Å². The number of nitrogens with one attached hydrogen (secondary N) is 2. The van der Waals surface area contributed by atoms with Crippen molar-refractivity contribution in [3.63, 3.8) is 0 Å². The molecule has 1 fully saturated rings. The highest BCUT2D eigenvalue weighted by Gasteiger charge is 2.25. The van der Waals surface area contributed by atoms with Crippen LogP contribution in [0.1, 0.15) is 12.8 Å². The molecule has 0 spiro atoms. The van der Waals surface area contributed by atoms with Gasteiger partial charge in [0.1, 0.15) is 5.82 Å². The molecular formula is C15H21ClIN5. The van der Waals surface area contributed by atoms with Crippen molar-refractivity contribution >= 4 is 47.4 Å². The van der Waals surface area contributed by atoms with Crippen molar-refractivity contribution in [3.8, 4) is 12.3 Å². The maximum absolute atomic E-state index is 6.19. The number of aromatic nitrogens is 1. The Morgan fingerprint density at radius 1 is 1.64 bits per heavy atom. The van der Waals surface area contributed by atoms with Crippen LogP contribution in [0.3, 0.4) is 0 Å². The predicted octanol–water partition coefficient (Wildman–Crippen LogP) is 2.12. The number of hydrogen-bond donors (Lipinski definition) is 2. The normalized spacial score (nSPS) is 17.6. The van der Waals surface area contributed by atoms with E-state index >= 15 is 0 Å². The molecule has 1 atom stereocenters. The monoisotopic (exact) mass is 433 g/mol. The molecule has 22 heavy (non-hydrogen) atoms. The van der Waals surface area contributed by atoms with Crippen LogP contribution in [-0.2, 0) is 0 Å². The van der Waals surface area contributed by atoms with Gasteiger partial charge < -0.3 is 15.5 Å². The Hall–Kier alpha value is -1.20. The number of aliphatic imine (C=N–C) groups is 1. The van der Waals surface area contributed by atoms with Crippen LogP contribution in [0, 0.1) is 12.3 Å². The summed E-state index contributed by atoms with van der Waals surface area (Å²) in [4.78, 5) is 10.7. The molecule has 120 valence electrons. The molecule has 1 aromatic rings. The number of terminal acetylenes is 1. The van der Waals surface area contributed by atoms with E-state index in [0.29, 0.717) is 17.5 Å². The molecule has 0 aliphatic carbocycles. The average molecular weight is 434 g/mol. The first kappa shape index (κ1) is 18.8. The van der Waals surface area contributed by atoms with Gasteiger partial charge in [-0.25, -0.2) is 4.98 Å². The predicted molar refractivity (Wildman–Crippen MR) is 103 cm³/mol. The maximum Gasteiger partial charge on any atom is 0.191 e. The number of nitrogens with zero attached hydrogens (tertiary/aromatic N) is 3. The van der Waals surface area contributed by atoms with Crippen molar-refractivity contribution in [1.29, 1.82) is 0 Å². The molecule has 0 aromatic carbocycles. The van der Waals surface area contributed by atoms with Gasteiger partial charge in [-0.2, -0.15) is 0 Å². The van der Waals surface area contributed by atoms with E-state index in [2.05, 4.69) is 31.4 Å². The zero-order chi connectivity index (χ0) is 15.1. The summed E-state index contributed by atoms with van der Waals surface area (Å²) in [5.74, 6) is 4.23. The topological polar surface area (TPSA) is 52.6 Å². The molecule has 0 saturated carbocycles. The van der Waals surface area contributed by atoms with E-state index in [1.807, 2.05) is 12.1 Å². The summed E-state index contributed by atoms with van der Waals surface area (Å²) in [6, 6.07) is 4.03. The van der Waals surface area contributed by atoms with Crippen molar-refractivity contribution < 1.29 is 0 Å². The van der Waals surface area contributed by atoms with Crippen LogP contribution in [0.4, 0.5) is 5.82 Å². The summed E-state index contributed by atoms with van der Waals surface area (Å²) < 4.78 is 0. The molecule has 7 heteroatoms. The fourth-order valence-electron chi connectivity index (χ4n) is 2.32. The summed E-state index contributed by atoms with van der Waals surface area (Å²) >= 11 is 6.19. The lowest BCUT2D eigenvalue weighted by Gasteiger charge is -2.20. The van der Waals surface area contributed by atoms with Crippen LogP contribution in [0.15, 0.2) is 23.3 Å². The maximum atomic E-state index is 6.19. The number of guanidine groups is 1. The quantitative estimate of drug-likeness (QED) is 0.251. The minimum atomic E-state index is 0. The zero-order valence-corrected chi connectivity index (χ0v) is 15.6. The largest absolute Gasteiger partial charge is 0.355 e. The second-order valence-corrected chi connectivity index (χ2v) is 5.25. The molecule has 0 amide bonds. The number of hydrogen-bond acceptors (Lipinski definition) is 3. The summed E-state index contributed by atoms with van der Waals surface area (Å²) in [5, 5.41) is 7.29. The van der Waals surface area contributed by atoms with Gasteiger partial charge in [-0.15, -0.1) is 36.3 Å². The smallest absolute Gasteiger partial charge is 0.191 e. The van der Waals surface area contributed by atoms with Crippen LogP contribution in [-0.4, -0.2) is 43.7 Å². The lowest BCUT2D eigenvalue weighted by Crippen LogP contribution is -2.44. The molecular weight excluding hydrogens is 413 g/mol. The Morgan fingerprint density at radius 3 is 3.14 bits per heavy atom. The lowest BCUT2D eigenvalue weighted by atomic mass is 10.3. The highest BCUT2D eigenvalue weighted by molar-refractivity contribution is 14.0. The van der Waals surface area contributed by atoms with Crippen LogP contribution < -0.4 is 15.5 Å². The fourth-order valence-corrected chi connectivity index (χ4v) is 2.56. The van der Waals surface area contributed by atoms with Crippen molar-refractivity contribution in [2.24, 2.45) is 4.99 Å². The molecule has 0 bridgehead atoms. The number of rotatable bonds is 4. The van der Waals surface area contributed by atoms with Crippen molar-refractivity contribution in [3.05, 3.63) is 23.4 Å². The van der Waals surface area contributed by atoms with Crippen LogP contribution in [0.5, 0.6) is 0 Å². The second kappa shape index (κ2) is 9.74. The average Bonchev–Trinajstić information content (AvgIpc) is 2.95. The van der Waals surface area contributed by atoms with E-state index in [-0.39, 0.29) is 24.0 Å². The van der Waals surface area contributed by atoms with Gasteiger partial charge in [0, 0.05) is 45.3 Å². The summed E-state index contributed by atoms with van der Waals surface area (Å²) in [6.45, 7) is 2.50. The molecule has 1 aromatic heterocycles. The number of anilines is 1. The van der Waals surface area contributed by atoms with Gasteiger partial charge in [0.25, 0.3) is 0 Å². The molecule has 1 unspecified atom stereocenters. The highest BCUT2D eigenvalue weighted by atomic mass is 127. The molecule has 1 aliphatic rings. The van der Waals surface area contributed by atoms with E-state index in [0.717, 1.165) is 37.8 Å². The van der Waals surface area contributed by atoms with Crippen molar-refractivity contribution in [2.45, 2.75) is 18.9 Å². The van der Waals surface area contributed by atoms with E-state index in [9.17, 15) is 0 Å². The highest BCUT2D eigenvalue weighted by Crippen LogP contribution is 2.25. The first-order chi connectivity index (χ1) is 10.2. The third-order valence-corrected chi connectivity index (χ3v) is 3.65.